The van der Waals surface area contributed by atoms with Crippen LogP contribution in [0.15, 0.2) is 18.2 Å². The van der Waals surface area contributed by atoms with Gasteiger partial charge in [0, 0.05) is 25.7 Å². The lowest BCUT2D eigenvalue weighted by Crippen LogP contribution is -2.37. The molecule has 1 aromatic carbocycles. The summed E-state index contributed by atoms with van der Waals surface area (Å²) >= 11 is 0. The number of amides is 3. The minimum absolute atomic E-state index is 0.0861. The number of nitrogens with zero attached hydrogens (tertiary/aromatic N) is 2. The van der Waals surface area contributed by atoms with Crippen LogP contribution in [-0.2, 0) is 0 Å². The molecule has 0 aliphatic carbocycles. The first-order valence-corrected chi connectivity index (χ1v) is 6.84. The Labute approximate surface area is 128 Å². The van der Waals surface area contributed by atoms with Crippen LogP contribution < -0.4 is 10.6 Å². The number of anilines is 1. The second-order valence-electron chi connectivity index (χ2n) is 4.96. The van der Waals surface area contributed by atoms with E-state index in [-0.39, 0.29) is 29.6 Å². The molecule has 3 amide bonds. The Bertz CT molecular complexity index is 596. The fourth-order valence-corrected chi connectivity index (χ4v) is 1.76. The number of nitrogens with one attached hydrogen (secondary N) is 2. The molecule has 2 N–H and O–H groups in total. The first-order chi connectivity index (χ1) is 10.4. The van der Waals surface area contributed by atoms with Crippen LogP contribution >= 0.6 is 0 Å². The fraction of sp³-hybridized carbons (Fsp3) is 0.400. The first-order valence-electron chi connectivity index (χ1n) is 6.84. The Hall–Kier alpha value is -2.62. The Morgan fingerprint density at radius 3 is 2.64 bits per heavy atom. The Balaban J connectivity index is 2.84. The highest BCUT2D eigenvalue weighted by Gasteiger charge is 2.15. The van der Waals surface area contributed by atoms with Gasteiger partial charge in [0.2, 0.25) is 0 Å². The van der Waals surface area contributed by atoms with Gasteiger partial charge in [-0.3, -0.25) is 4.79 Å². The number of benzene rings is 1. The molecule has 6 nitrogen and oxygen atoms in total. The number of carbonyl (C=O) groups is 2. The van der Waals surface area contributed by atoms with Crippen LogP contribution in [0.4, 0.5) is 14.9 Å². The number of hydrogen-bond donors (Lipinski definition) is 2. The topological polar surface area (TPSA) is 85.2 Å². The van der Waals surface area contributed by atoms with Crippen LogP contribution in [0.2, 0.25) is 0 Å². The summed E-state index contributed by atoms with van der Waals surface area (Å²) in [4.78, 5) is 25.0. The van der Waals surface area contributed by atoms with Crippen molar-refractivity contribution in [1.82, 2.24) is 10.2 Å². The van der Waals surface area contributed by atoms with E-state index in [1.54, 1.807) is 14.1 Å². The van der Waals surface area contributed by atoms with Crippen LogP contribution in [0, 0.1) is 17.1 Å². The lowest BCUT2D eigenvalue weighted by atomic mass is 10.1. The van der Waals surface area contributed by atoms with Gasteiger partial charge in [0.05, 0.1) is 18.2 Å². The van der Waals surface area contributed by atoms with Crippen LogP contribution in [0.3, 0.4) is 0 Å². The lowest BCUT2D eigenvalue weighted by Gasteiger charge is -2.16. The normalized spacial score (nSPS) is 11.2. The van der Waals surface area contributed by atoms with Crippen molar-refractivity contribution in [2.24, 2.45) is 0 Å². The number of nitriles is 1. The van der Waals surface area contributed by atoms with E-state index in [9.17, 15) is 14.0 Å². The van der Waals surface area contributed by atoms with E-state index >= 15 is 0 Å². The van der Waals surface area contributed by atoms with Gasteiger partial charge in [-0.05, 0) is 24.6 Å². The van der Waals surface area contributed by atoms with Crippen molar-refractivity contribution in [2.45, 2.75) is 25.8 Å². The number of rotatable bonds is 5. The Morgan fingerprint density at radius 2 is 2.09 bits per heavy atom. The zero-order valence-electron chi connectivity index (χ0n) is 12.8. The molecule has 1 unspecified atom stereocenters. The average molecular weight is 306 g/mol. The van der Waals surface area contributed by atoms with Crippen LogP contribution in [0.25, 0.3) is 0 Å². The molecule has 1 rings (SSSR count). The molecule has 0 saturated carbocycles. The minimum atomic E-state index is -0.640. The molecule has 0 radical (unpaired) electrons. The van der Waals surface area contributed by atoms with Crippen molar-refractivity contribution in [1.29, 1.82) is 5.26 Å². The quantitative estimate of drug-likeness (QED) is 0.875. The van der Waals surface area contributed by atoms with E-state index in [1.807, 2.05) is 13.0 Å². The molecule has 118 valence electrons. The van der Waals surface area contributed by atoms with Gasteiger partial charge >= 0.3 is 6.03 Å². The standard InChI is InChI=1S/C15H19FN4O2/c1-4-11(7-8-17)18-15(22)19-13-9-10(5-6-12(13)16)14(21)20(2)3/h5-6,9,11H,4,7H2,1-3H3,(H2,18,19,22). The highest BCUT2D eigenvalue weighted by molar-refractivity contribution is 5.96. The van der Waals surface area contributed by atoms with Gasteiger partial charge in [0.1, 0.15) is 5.82 Å². The average Bonchev–Trinajstić information content (AvgIpc) is 2.48. The molecular weight excluding hydrogens is 287 g/mol. The van der Waals surface area contributed by atoms with Crippen molar-refractivity contribution in [3.63, 3.8) is 0 Å². The summed E-state index contributed by atoms with van der Waals surface area (Å²) in [5.41, 5.74) is 0.183. The van der Waals surface area contributed by atoms with Crippen molar-refractivity contribution < 1.29 is 14.0 Å². The molecule has 1 aromatic rings. The molecule has 0 fully saturated rings. The van der Waals surface area contributed by atoms with E-state index < -0.39 is 11.8 Å². The van der Waals surface area contributed by atoms with Gasteiger partial charge in [-0.2, -0.15) is 5.26 Å². The highest BCUT2D eigenvalue weighted by Crippen LogP contribution is 2.17. The molecule has 1 atom stereocenters. The van der Waals surface area contributed by atoms with Crippen LogP contribution in [0.1, 0.15) is 30.1 Å². The third-order valence-electron chi connectivity index (χ3n) is 3.03. The third kappa shape index (κ3) is 4.74. The summed E-state index contributed by atoms with van der Waals surface area (Å²) in [6, 6.07) is 4.80. The number of hydrogen-bond acceptors (Lipinski definition) is 3. The molecule has 0 aliphatic rings. The van der Waals surface area contributed by atoms with E-state index in [0.29, 0.717) is 6.42 Å². The number of urea groups is 1. The van der Waals surface area contributed by atoms with Crippen molar-refractivity contribution in [3.8, 4) is 6.07 Å². The molecule has 22 heavy (non-hydrogen) atoms. The van der Waals surface area contributed by atoms with Gasteiger partial charge in [0.15, 0.2) is 0 Å². The van der Waals surface area contributed by atoms with Gasteiger partial charge in [0.25, 0.3) is 5.91 Å². The van der Waals surface area contributed by atoms with Gasteiger partial charge in [-0.1, -0.05) is 6.92 Å². The molecule has 0 saturated heterocycles. The molecule has 0 aliphatic heterocycles. The summed E-state index contributed by atoms with van der Waals surface area (Å²) < 4.78 is 13.7. The van der Waals surface area contributed by atoms with E-state index in [4.69, 9.17) is 5.26 Å². The lowest BCUT2D eigenvalue weighted by molar-refractivity contribution is 0.0827. The predicted molar refractivity (Wildman–Crippen MR) is 80.9 cm³/mol. The van der Waals surface area contributed by atoms with Gasteiger partial charge in [-0.15, -0.1) is 0 Å². The number of carbonyl (C=O) groups excluding carboxylic acids is 2. The largest absolute Gasteiger partial charge is 0.345 e. The van der Waals surface area contributed by atoms with Gasteiger partial charge < -0.3 is 15.5 Å². The van der Waals surface area contributed by atoms with E-state index in [0.717, 1.165) is 6.07 Å². The molecule has 0 spiro atoms. The summed E-state index contributed by atoms with van der Waals surface area (Å²) in [5, 5.41) is 13.6. The highest BCUT2D eigenvalue weighted by atomic mass is 19.1. The van der Waals surface area contributed by atoms with Crippen molar-refractivity contribution in [3.05, 3.63) is 29.6 Å². The Morgan fingerprint density at radius 1 is 1.41 bits per heavy atom. The van der Waals surface area contributed by atoms with Crippen LogP contribution in [0.5, 0.6) is 0 Å². The zero-order valence-corrected chi connectivity index (χ0v) is 12.8. The zero-order chi connectivity index (χ0) is 16.7. The SMILES string of the molecule is CCC(CC#N)NC(=O)Nc1cc(C(=O)N(C)C)ccc1F. The molecule has 0 aromatic heterocycles. The second kappa shape index (κ2) is 7.98. The molecule has 0 bridgehead atoms. The van der Waals surface area contributed by atoms with E-state index in [1.165, 1.54) is 17.0 Å². The maximum absolute atomic E-state index is 13.7. The monoisotopic (exact) mass is 306 g/mol. The van der Waals surface area contributed by atoms with Crippen LogP contribution in [-0.4, -0.2) is 37.0 Å². The maximum Gasteiger partial charge on any atom is 0.319 e. The molecule has 7 heteroatoms. The third-order valence-corrected chi connectivity index (χ3v) is 3.03. The first kappa shape index (κ1) is 17.4. The van der Waals surface area contributed by atoms with Crippen molar-refractivity contribution in [2.75, 3.05) is 19.4 Å². The Kier molecular flexibility index (Phi) is 6.32. The smallest absolute Gasteiger partial charge is 0.319 e. The molecule has 0 heterocycles. The number of halogens is 1. The second-order valence-corrected chi connectivity index (χ2v) is 4.96. The summed E-state index contributed by atoms with van der Waals surface area (Å²) in [5.74, 6) is -0.932. The minimum Gasteiger partial charge on any atom is -0.345 e. The summed E-state index contributed by atoms with van der Waals surface area (Å²) in [6.45, 7) is 1.83. The molecular formula is C15H19FN4O2. The summed E-state index contributed by atoms with van der Waals surface area (Å²) in [6.07, 6.45) is 0.758. The maximum atomic E-state index is 13.7. The van der Waals surface area contributed by atoms with Crippen molar-refractivity contribution >= 4 is 17.6 Å². The predicted octanol–water partition coefficient (Wildman–Crippen LogP) is 2.34. The fourth-order valence-electron chi connectivity index (χ4n) is 1.76. The van der Waals surface area contributed by atoms with E-state index in [2.05, 4.69) is 10.6 Å². The summed E-state index contributed by atoms with van der Waals surface area (Å²) in [7, 11) is 3.17. The van der Waals surface area contributed by atoms with Gasteiger partial charge in [-0.25, -0.2) is 9.18 Å².